The minimum atomic E-state index is -0.221. The molecule has 0 fully saturated rings. The summed E-state index contributed by atoms with van der Waals surface area (Å²) < 4.78 is 0. The second-order valence-corrected chi connectivity index (χ2v) is 3.22. The first kappa shape index (κ1) is 9.58. The maximum absolute atomic E-state index is 11.5. The van der Waals surface area contributed by atoms with Gasteiger partial charge in [-0.1, -0.05) is 19.9 Å². The van der Waals surface area contributed by atoms with E-state index >= 15 is 0 Å². The zero-order chi connectivity index (χ0) is 10.0. The van der Waals surface area contributed by atoms with Crippen LogP contribution in [0.5, 0.6) is 11.5 Å². The van der Waals surface area contributed by atoms with Crippen molar-refractivity contribution in [3.05, 3.63) is 23.8 Å². The number of carbonyl (C=O) groups excluding carboxylic acids is 1. The van der Waals surface area contributed by atoms with E-state index in [1.807, 2.05) is 0 Å². The summed E-state index contributed by atoms with van der Waals surface area (Å²) in [6, 6.07) is 4.58. The van der Waals surface area contributed by atoms with E-state index in [1.54, 1.807) is 19.9 Å². The van der Waals surface area contributed by atoms with Crippen molar-refractivity contribution >= 4 is 5.78 Å². The molecule has 1 aromatic carbocycles. The fourth-order valence-electron chi connectivity index (χ4n) is 1.05. The molecular weight excluding hydrogens is 168 g/mol. The lowest BCUT2D eigenvalue weighted by atomic mass is 10.00. The summed E-state index contributed by atoms with van der Waals surface area (Å²) in [7, 11) is 0. The SMILES string of the molecule is CC(C)C(=O)c1cccc([OH2+])c1O. The first-order valence-corrected chi connectivity index (χ1v) is 4.12. The van der Waals surface area contributed by atoms with E-state index in [0.717, 1.165) is 0 Å². The molecule has 0 atom stereocenters. The molecule has 1 rings (SSSR count). The number of carbonyl (C=O) groups is 1. The number of benzene rings is 1. The van der Waals surface area contributed by atoms with Gasteiger partial charge < -0.3 is 10.2 Å². The Kier molecular flexibility index (Phi) is 2.56. The van der Waals surface area contributed by atoms with Crippen LogP contribution in [0.3, 0.4) is 0 Å². The first-order chi connectivity index (χ1) is 6.04. The molecule has 0 radical (unpaired) electrons. The number of hydrogen-bond donors (Lipinski definition) is 1. The van der Waals surface area contributed by atoms with E-state index in [1.165, 1.54) is 12.1 Å². The van der Waals surface area contributed by atoms with Crippen LogP contribution in [0.1, 0.15) is 24.2 Å². The number of Topliss-reactive ketones (excluding diaryl/α,β-unsaturated/α-hetero) is 1. The number of rotatable bonds is 2. The second kappa shape index (κ2) is 3.47. The van der Waals surface area contributed by atoms with Gasteiger partial charge in [-0.2, -0.15) is 0 Å². The average molecular weight is 181 g/mol. The molecule has 0 aliphatic carbocycles. The molecule has 13 heavy (non-hydrogen) atoms. The predicted molar refractivity (Wildman–Crippen MR) is 50.3 cm³/mol. The molecule has 3 N–H and O–H groups in total. The van der Waals surface area contributed by atoms with E-state index in [2.05, 4.69) is 0 Å². The Morgan fingerprint density at radius 3 is 2.62 bits per heavy atom. The van der Waals surface area contributed by atoms with Crippen molar-refractivity contribution in [2.24, 2.45) is 5.92 Å². The normalized spacial score (nSPS) is 10.4. The average Bonchev–Trinajstić information content (AvgIpc) is 2.08. The quantitative estimate of drug-likeness (QED) is 0.557. The van der Waals surface area contributed by atoms with Gasteiger partial charge in [-0.25, -0.2) is 0 Å². The van der Waals surface area contributed by atoms with Crippen molar-refractivity contribution in [2.45, 2.75) is 13.8 Å². The highest BCUT2D eigenvalue weighted by Crippen LogP contribution is 2.29. The molecule has 0 spiro atoms. The van der Waals surface area contributed by atoms with Crippen LogP contribution in [0.2, 0.25) is 0 Å². The van der Waals surface area contributed by atoms with Crippen LogP contribution in [0.15, 0.2) is 18.2 Å². The standard InChI is InChI=1S/C10H12O3/c1-6(2)9(12)7-4-3-5-8(11)10(7)13/h3-6,11,13H,1-2H3/p+1. The van der Waals surface area contributed by atoms with Crippen LogP contribution < -0.4 is 0 Å². The van der Waals surface area contributed by atoms with Gasteiger partial charge in [0.1, 0.15) is 0 Å². The van der Waals surface area contributed by atoms with E-state index < -0.39 is 0 Å². The minimum absolute atomic E-state index is 0.00787. The van der Waals surface area contributed by atoms with Gasteiger partial charge in [0, 0.05) is 12.0 Å². The predicted octanol–water partition coefficient (Wildman–Crippen LogP) is 1.67. The summed E-state index contributed by atoms with van der Waals surface area (Å²) in [6.45, 7) is 3.52. The van der Waals surface area contributed by atoms with Crippen LogP contribution in [-0.4, -0.2) is 16.0 Å². The summed E-state index contributed by atoms with van der Waals surface area (Å²) in [6.07, 6.45) is 0. The Morgan fingerprint density at radius 2 is 2.08 bits per heavy atom. The van der Waals surface area contributed by atoms with Crippen LogP contribution in [-0.2, 0) is 0 Å². The van der Waals surface area contributed by atoms with Crippen molar-refractivity contribution in [1.29, 1.82) is 0 Å². The van der Waals surface area contributed by atoms with Gasteiger partial charge in [0.15, 0.2) is 5.78 Å². The van der Waals surface area contributed by atoms with Crippen LogP contribution >= 0.6 is 0 Å². The summed E-state index contributed by atoms with van der Waals surface area (Å²) in [4.78, 5) is 11.5. The van der Waals surface area contributed by atoms with Gasteiger partial charge in [-0.3, -0.25) is 4.79 Å². The Morgan fingerprint density at radius 1 is 1.46 bits per heavy atom. The number of phenolic OH excluding ortho intramolecular Hbond substituents is 1. The molecular formula is C10H13O3+. The van der Waals surface area contributed by atoms with Gasteiger partial charge in [0.05, 0.1) is 5.56 Å². The number of aromatic hydroxyl groups is 1. The number of para-hydroxylation sites is 1. The second-order valence-electron chi connectivity index (χ2n) is 3.22. The molecule has 0 aromatic heterocycles. The maximum atomic E-state index is 11.5. The highest BCUT2D eigenvalue weighted by molar-refractivity contribution is 6.00. The molecule has 0 aliphatic rings. The van der Waals surface area contributed by atoms with Gasteiger partial charge >= 0.3 is 0 Å². The molecule has 3 heteroatoms. The van der Waals surface area contributed by atoms with Crippen LogP contribution in [0.4, 0.5) is 0 Å². The molecule has 70 valence electrons. The van der Waals surface area contributed by atoms with Crippen molar-refractivity contribution in [2.75, 3.05) is 0 Å². The lowest BCUT2D eigenvalue weighted by Crippen LogP contribution is -2.07. The summed E-state index contributed by atoms with van der Waals surface area (Å²) in [5.41, 5.74) is 0.238. The zero-order valence-electron chi connectivity index (χ0n) is 7.66. The van der Waals surface area contributed by atoms with Crippen molar-refractivity contribution in [3.63, 3.8) is 0 Å². The molecule has 1 aromatic rings. The molecule has 0 bridgehead atoms. The van der Waals surface area contributed by atoms with Gasteiger partial charge in [0.2, 0.25) is 5.75 Å². The minimum Gasteiger partial charge on any atom is -0.591 e. The van der Waals surface area contributed by atoms with E-state index in [0.29, 0.717) is 0 Å². The molecule has 0 amide bonds. The lowest BCUT2D eigenvalue weighted by molar-refractivity contribution is 0.0936. The van der Waals surface area contributed by atoms with Crippen molar-refractivity contribution in [1.82, 2.24) is 0 Å². The molecule has 3 nitrogen and oxygen atoms in total. The fourth-order valence-corrected chi connectivity index (χ4v) is 1.05. The molecule has 0 aliphatic heterocycles. The Balaban J connectivity index is 3.15. The number of ketones is 1. The van der Waals surface area contributed by atoms with Crippen molar-refractivity contribution in [3.8, 4) is 11.5 Å². The topological polar surface area (TPSA) is 60.2 Å². The molecule has 0 saturated carbocycles. The highest BCUT2D eigenvalue weighted by atomic mass is 16.3. The lowest BCUT2D eigenvalue weighted by Gasteiger charge is -2.05. The Labute approximate surface area is 76.6 Å². The van der Waals surface area contributed by atoms with Gasteiger partial charge in [-0.05, 0) is 6.07 Å². The van der Waals surface area contributed by atoms with E-state index in [4.69, 9.17) is 5.11 Å². The smallest absolute Gasteiger partial charge is 0.297 e. The fraction of sp³-hybridized carbons (Fsp3) is 0.300. The highest BCUT2D eigenvalue weighted by Gasteiger charge is 2.18. The summed E-state index contributed by atoms with van der Waals surface area (Å²) in [5.74, 6) is -0.521. The Hall–Kier alpha value is -1.51. The third kappa shape index (κ3) is 1.80. The van der Waals surface area contributed by atoms with Gasteiger partial charge in [-0.15, -0.1) is 0 Å². The molecule has 0 saturated heterocycles. The summed E-state index contributed by atoms with van der Waals surface area (Å²) >= 11 is 0. The van der Waals surface area contributed by atoms with E-state index in [9.17, 15) is 9.90 Å². The first-order valence-electron chi connectivity index (χ1n) is 4.12. The number of phenols is 1. The third-order valence-corrected chi connectivity index (χ3v) is 1.83. The number of hydrogen-bond acceptors (Lipinski definition) is 2. The Bertz CT molecular complexity index is 329. The largest absolute Gasteiger partial charge is 0.591 e. The third-order valence-electron chi connectivity index (χ3n) is 1.83. The van der Waals surface area contributed by atoms with Crippen molar-refractivity contribution < 1.29 is 15.0 Å². The zero-order valence-corrected chi connectivity index (χ0v) is 7.66. The van der Waals surface area contributed by atoms with E-state index in [-0.39, 0.29) is 28.8 Å². The monoisotopic (exact) mass is 181 g/mol. The molecule has 0 heterocycles. The molecule has 0 unspecified atom stereocenters. The summed E-state index contributed by atoms with van der Waals surface area (Å²) in [5, 5.41) is 16.7. The van der Waals surface area contributed by atoms with Gasteiger partial charge in [0.25, 0.3) is 5.75 Å². The maximum Gasteiger partial charge on any atom is 0.297 e. The van der Waals surface area contributed by atoms with Crippen LogP contribution in [0.25, 0.3) is 0 Å². The van der Waals surface area contributed by atoms with Crippen LogP contribution in [0, 0.1) is 5.92 Å².